The molecule has 2 atom stereocenters. The molecule has 0 aliphatic heterocycles. The van der Waals surface area contributed by atoms with Crippen molar-refractivity contribution in [1.82, 2.24) is 10.2 Å². The molecule has 0 saturated heterocycles. The normalized spacial score (nSPS) is 13.9. The zero-order chi connectivity index (χ0) is 25.3. The average molecular weight is 499 g/mol. The minimum atomic E-state index is -2.45. The van der Waals surface area contributed by atoms with E-state index in [9.17, 15) is 15.2 Å². The van der Waals surface area contributed by atoms with Crippen LogP contribution in [0.15, 0.2) is 40.8 Å². The highest BCUT2D eigenvalue weighted by Gasteiger charge is 2.41. The highest BCUT2D eigenvalue weighted by molar-refractivity contribution is 6.72. The van der Waals surface area contributed by atoms with Gasteiger partial charge in [-0.25, -0.2) is 0 Å². The summed E-state index contributed by atoms with van der Waals surface area (Å²) in [5, 5.41) is 31.1. The van der Waals surface area contributed by atoms with Crippen LogP contribution in [0, 0.1) is 24.2 Å². The van der Waals surface area contributed by atoms with Crippen molar-refractivity contribution in [2.75, 3.05) is 5.32 Å². The third kappa shape index (κ3) is 5.44. The first-order valence-corrected chi connectivity index (χ1v) is 14.5. The molecule has 0 unspecified atom stereocenters. The van der Waals surface area contributed by atoms with E-state index in [-0.39, 0.29) is 22.7 Å². The molecule has 0 bridgehead atoms. The molecular formula is C25H31ClN4O3Si. The third-order valence-electron chi connectivity index (χ3n) is 6.70. The first-order valence-electron chi connectivity index (χ1n) is 11.1. The van der Waals surface area contributed by atoms with Crippen LogP contribution in [-0.4, -0.2) is 28.4 Å². The summed E-state index contributed by atoms with van der Waals surface area (Å²) in [6.07, 6.45) is 0.723. The summed E-state index contributed by atoms with van der Waals surface area (Å²) >= 11 is 6.41. The predicted molar refractivity (Wildman–Crippen MR) is 136 cm³/mol. The molecule has 0 saturated carbocycles. The maximum Gasteiger partial charge on any atom is 0.247 e. The summed E-state index contributed by atoms with van der Waals surface area (Å²) in [5.41, 5.74) is 2.64. The Hall–Kier alpha value is -2.86. The second-order valence-corrected chi connectivity index (χ2v) is 14.8. The van der Waals surface area contributed by atoms with Gasteiger partial charge in [-0.15, -0.1) is 10.2 Å². The molecule has 0 spiro atoms. The Morgan fingerprint density at radius 2 is 1.82 bits per heavy atom. The van der Waals surface area contributed by atoms with E-state index in [1.54, 1.807) is 30.3 Å². The summed E-state index contributed by atoms with van der Waals surface area (Å²) in [6, 6.07) is 11.8. The smallest absolute Gasteiger partial charge is 0.247 e. The molecule has 9 heteroatoms. The lowest BCUT2D eigenvalue weighted by atomic mass is 9.90. The molecule has 1 aromatic heterocycles. The maximum absolute atomic E-state index is 10.8. The molecule has 3 aromatic rings. The molecule has 3 N–H and O–H groups in total. The minimum absolute atomic E-state index is 0.0101. The summed E-state index contributed by atoms with van der Waals surface area (Å²) in [6.45, 7) is 12.0. The van der Waals surface area contributed by atoms with Crippen LogP contribution >= 0.6 is 11.6 Å². The molecule has 34 heavy (non-hydrogen) atoms. The molecular weight excluding hydrogens is 468 g/mol. The predicted octanol–water partition coefficient (Wildman–Crippen LogP) is 6.43. The van der Waals surface area contributed by atoms with Crippen LogP contribution in [0.2, 0.25) is 23.2 Å². The van der Waals surface area contributed by atoms with Crippen molar-refractivity contribution in [2.45, 2.75) is 58.3 Å². The zero-order valence-electron chi connectivity index (χ0n) is 20.3. The van der Waals surface area contributed by atoms with Gasteiger partial charge < -0.3 is 19.6 Å². The fourth-order valence-electron chi connectivity index (χ4n) is 3.80. The highest BCUT2D eigenvalue weighted by atomic mass is 35.5. The van der Waals surface area contributed by atoms with Crippen LogP contribution in [-0.2, 0) is 0 Å². The number of hydrogen-bond donors (Lipinski definition) is 3. The van der Waals surface area contributed by atoms with Gasteiger partial charge in [0.1, 0.15) is 17.9 Å². The van der Waals surface area contributed by atoms with Crippen LogP contribution < -0.4 is 5.32 Å². The number of anilines is 1. The molecule has 180 valence electrons. The molecule has 3 rings (SSSR count). The van der Waals surface area contributed by atoms with Gasteiger partial charge in [0, 0.05) is 11.3 Å². The van der Waals surface area contributed by atoms with Crippen LogP contribution in [0.25, 0.3) is 11.5 Å². The van der Waals surface area contributed by atoms with Crippen molar-refractivity contribution >= 4 is 25.6 Å². The first-order chi connectivity index (χ1) is 15.8. The van der Waals surface area contributed by atoms with E-state index >= 15 is 0 Å². The standard InChI is InChI=1S/C25H31ClN4O3Si/c1-15(13-25(3,4)34(5,6)32)22(28-20-12-9-18(14-27)21(26)16(20)2)24-30-29-23(33-24)17-7-10-19(31)11-8-17/h7-12,15,22,28,31-32H,13H2,1-6H3/t15-,22-/m1/s1. The molecule has 0 radical (unpaired) electrons. The Morgan fingerprint density at radius 1 is 1.18 bits per heavy atom. The molecule has 7 nitrogen and oxygen atoms in total. The topological polar surface area (TPSA) is 115 Å². The monoisotopic (exact) mass is 498 g/mol. The van der Waals surface area contributed by atoms with Gasteiger partial charge >= 0.3 is 0 Å². The van der Waals surface area contributed by atoms with Gasteiger partial charge in [0.15, 0.2) is 8.32 Å². The number of aromatic nitrogens is 2. The summed E-state index contributed by atoms with van der Waals surface area (Å²) < 4.78 is 6.08. The second-order valence-electron chi connectivity index (χ2n) is 9.95. The van der Waals surface area contributed by atoms with E-state index in [0.29, 0.717) is 27.9 Å². The quantitative estimate of drug-likeness (QED) is 0.306. The summed E-state index contributed by atoms with van der Waals surface area (Å²) in [4.78, 5) is 10.8. The first kappa shape index (κ1) is 25.8. The Morgan fingerprint density at radius 3 is 2.41 bits per heavy atom. The van der Waals surface area contributed by atoms with Crippen LogP contribution in [0.5, 0.6) is 5.75 Å². The van der Waals surface area contributed by atoms with Crippen LogP contribution in [0.3, 0.4) is 0 Å². The van der Waals surface area contributed by atoms with Crippen molar-refractivity contribution in [3.05, 3.63) is 58.4 Å². The van der Waals surface area contributed by atoms with Crippen molar-refractivity contribution in [1.29, 1.82) is 5.26 Å². The molecule has 0 amide bonds. The van der Waals surface area contributed by atoms with Crippen molar-refractivity contribution < 1.29 is 14.3 Å². The molecule has 1 heterocycles. The number of hydrogen-bond acceptors (Lipinski definition) is 7. The van der Waals surface area contributed by atoms with Crippen molar-refractivity contribution in [3.63, 3.8) is 0 Å². The Kier molecular flexibility index (Phi) is 7.41. The third-order valence-corrected chi connectivity index (χ3v) is 10.7. The molecule has 0 aliphatic rings. The lowest BCUT2D eigenvalue weighted by molar-refractivity contribution is 0.330. The zero-order valence-corrected chi connectivity index (χ0v) is 22.1. The summed E-state index contributed by atoms with van der Waals surface area (Å²) in [5.74, 6) is 0.919. The lowest BCUT2D eigenvalue weighted by Crippen LogP contribution is -2.41. The second kappa shape index (κ2) is 9.78. The number of rotatable bonds is 8. The van der Waals surface area contributed by atoms with E-state index in [2.05, 4.69) is 42.4 Å². The largest absolute Gasteiger partial charge is 0.508 e. The molecule has 0 aliphatic carbocycles. The number of benzene rings is 2. The van der Waals surface area contributed by atoms with Crippen LogP contribution in [0.4, 0.5) is 5.69 Å². The van der Waals surface area contributed by atoms with Crippen molar-refractivity contribution in [2.24, 2.45) is 5.92 Å². The van der Waals surface area contributed by atoms with Gasteiger partial charge in [-0.3, -0.25) is 0 Å². The summed E-state index contributed by atoms with van der Waals surface area (Å²) in [7, 11) is -2.45. The van der Waals surface area contributed by atoms with E-state index < -0.39 is 8.32 Å². The van der Waals surface area contributed by atoms with E-state index in [1.807, 2.05) is 26.1 Å². The Bertz CT molecular complexity index is 1200. The van der Waals surface area contributed by atoms with E-state index in [1.165, 1.54) is 0 Å². The van der Waals surface area contributed by atoms with Gasteiger partial charge in [0.25, 0.3) is 0 Å². The molecule has 0 fully saturated rings. The Balaban J connectivity index is 2.00. The van der Waals surface area contributed by atoms with Gasteiger partial charge in [0.2, 0.25) is 11.8 Å². The number of halogens is 1. The lowest BCUT2D eigenvalue weighted by Gasteiger charge is -2.38. The fourth-order valence-corrected chi connectivity index (χ4v) is 4.82. The number of nitrogens with one attached hydrogen (secondary N) is 1. The molecule has 2 aromatic carbocycles. The highest BCUT2D eigenvalue weighted by Crippen LogP contribution is 2.45. The van der Waals surface area contributed by atoms with Gasteiger partial charge in [-0.1, -0.05) is 32.4 Å². The average Bonchev–Trinajstić information content (AvgIpc) is 3.24. The van der Waals surface area contributed by atoms with Crippen molar-refractivity contribution in [3.8, 4) is 23.3 Å². The van der Waals surface area contributed by atoms with Gasteiger partial charge in [-0.2, -0.15) is 5.26 Å². The number of nitrogens with zero attached hydrogens (tertiary/aromatic N) is 3. The van der Waals surface area contributed by atoms with Gasteiger partial charge in [-0.05, 0) is 79.4 Å². The number of phenolic OH excluding ortho intramolecular Hbond substituents is 1. The van der Waals surface area contributed by atoms with Gasteiger partial charge in [0.05, 0.1) is 10.6 Å². The number of aromatic hydroxyl groups is 1. The number of nitriles is 1. The SMILES string of the molecule is Cc1c(N[C@@H](c2nnc(-c3ccc(O)cc3)o2)[C@H](C)CC(C)(C)[Si](C)(C)O)ccc(C#N)c1Cl. The van der Waals surface area contributed by atoms with E-state index in [4.69, 9.17) is 16.0 Å². The maximum atomic E-state index is 10.8. The minimum Gasteiger partial charge on any atom is -0.508 e. The Labute approximate surface area is 206 Å². The number of phenols is 1. The van der Waals surface area contributed by atoms with E-state index in [0.717, 1.165) is 17.7 Å². The fraction of sp³-hybridized carbons (Fsp3) is 0.400. The van der Waals surface area contributed by atoms with Crippen LogP contribution in [0.1, 0.15) is 50.3 Å².